The average molecular weight is 298 g/mol. The van der Waals surface area contributed by atoms with Crippen molar-refractivity contribution in [2.75, 3.05) is 0 Å². The summed E-state index contributed by atoms with van der Waals surface area (Å²) >= 11 is 0. The first-order valence-electron chi connectivity index (χ1n) is 7.55. The molecule has 0 aliphatic carbocycles. The molecule has 0 aliphatic heterocycles. The summed E-state index contributed by atoms with van der Waals surface area (Å²) in [5.41, 5.74) is 3.20. The fraction of sp³-hybridized carbons (Fsp3) is 0.333. The summed E-state index contributed by atoms with van der Waals surface area (Å²) in [5.74, 6) is -0.237. The van der Waals surface area contributed by atoms with Crippen molar-refractivity contribution < 1.29 is 4.79 Å². The van der Waals surface area contributed by atoms with Gasteiger partial charge in [0.15, 0.2) is 0 Å². The number of nitrogens with one attached hydrogen (secondary N) is 2. The molecule has 2 rings (SSSR count). The van der Waals surface area contributed by atoms with Crippen molar-refractivity contribution >= 4 is 5.91 Å². The van der Waals surface area contributed by atoms with Crippen LogP contribution in [0.2, 0.25) is 0 Å². The zero-order chi connectivity index (χ0) is 16.1. The van der Waals surface area contributed by atoms with Crippen molar-refractivity contribution in [1.29, 1.82) is 0 Å². The molecule has 116 valence electrons. The van der Waals surface area contributed by atoms with Crippen LogP contribution in [0.5, 0.6) is 0 Å². The van der Waals surface area contributed by atoms with Gasteiger partial charge in [-0.3, -0.25) is 9.59 Å². The molecule has 1 heterocycles. The molecule has 0 saturated heterocycles. The Hall–Kier alpha value is -2.36. The normalized spacial score (nSPS) is 12.0. The van der Waals surface area contributed by atoms with E-state index in [1.165, 1.54) is 0 Å². The number of rotatable bonds is 5. The third-order valence-electron chi connectivity index (χ3n) is 3.86. The van der Waals surface area contributed by atoms with Gasteiger partial charge in [-0.15, -0.1) is 0 Å². The van der Waals surface area contributed by atoms with Crippen molar-refractivity contribution in [3.8, 4) is 0 Å². The van der Waals surface area contributed by atoms with Crippen molar-refractivity contribution in [1.82, 2.24) is 10.3 Å². The molecule has 0 bridgehead atoms. The second kappa shape index (κ2) is 7.07. The molecule has 0 saturated carbocycles. The fourth-order valence-electron chi connectivity index (χ4n) is 2.66. The van der Waals surface area contributed by atoms with Crippen molar-refractivity contribution in [2.24, 2.45) is 0 Å². The second-order valence-corrected chi connectivity index (χ2v) is 5.53. The lowest BCUT2D eigenvalue weighted by molar-refractivity contribution is -0.122. The van der Waals surface area contributed by atoms with Gasteiger partial charge in [0.25, 0.3) is 5.56 Å². The van der Waals surface area contributed by atoms with E-state index < -0.39 is 0 Å². The summed E-state index contributed by atoms with van der Waals surface area (Å²) in [5, 5.41) is 2.89. The minimum Gasteiger partial charge on any atom is -0.351 e. The van der Waals surface area contributed by atoms with Gasteiger partial charge < -0.3 is 10.3 Å². The number of benzene rings is 1. The van der Waals surface area contributed by atoms with E-state index in [1.807, 2.05) is 57.2 Å². The van der Waals surface area contributed by atoms with Crippen molar-refractivity contribution in [3.05, 3.63) is 69.1 Å². The Kier molecular flexibility index (Phi) is 5.15. The van der Waals surface area contributed by atoms with E-state index in [1.54, 1.807) is 0 Å². The largest absolute Gasteiger partial charge is 0.351 e. The highest BCUT2D eigenvalue weighted by molar-refractivity contribution is 5.83. The topological polar surface area (TPSA) is 62.0 Å². The van der Waals surface area contributed by atoms with Crippen LogP contribution in [0.4, 0.5) is 0 Å². The van der Waals surface area contributed by atoms with Crippen LogP contribution in [-0.2, 0) is 11.3 Å². The zero-order valence-electron chi connectivity index (χ0n) is 13.3. The molecule has 0 spiro atoms. The monoisotopic (exact) mass is 298 g/mol. The molecule has 2 aromatic rings. The van der Waals surface area contributed by atoms with Gasteiger partial charge in [-0.25, -0.2) is 0 Å². The van der Waals surface area contributed by atoms with Crippen molar-refractivity contribution in [2.45, 2.75) is 39.7 Å². The summed E-state index contributed by atoms with van der Waals surface area (Å²) in [7, 11) is 0. The van der Waals surface area contributed by atoms with E-state index in [-0.39, 0.29) is 23.9 Å². The first kappa shape index (κ1) is 16.0. The summed E-state index contributed by atoms with van der Waals surface area (Å²) in [6.07, 6.45) is 0.721. The number of aromatic nitrogens is 1. The number of amides is 1. The Morgan fingerprint density at radius 1 is 1.23 bits per heavy atom. The molecular formula is C18H22N2O2. The predicted octanol–water partition coefficient (Wildman–Crippen LogP) is 2.80. The van der Waals surface area contributed by atoms with Gasteiger partial charge >= 0.3 is 0 Å². The van der Waals surface area contributed by atoms with Gasteiger partial charge in [0.05, 0.1) is 5.92 Å². The Balaban J connectivity index is 2.11. The summed E-state index contributed by atoms with van der Waals surface area (Å²) in [6, 6.07) is 11.6. The van der Waals surface area contributed by atoms with Gasteiger partial charge in [-0.2, -0.15) is 0 Å². The molecule has 0 unspecified atom stereocenters. The zero-order valence-corrected chi connectivity index (χ0v) is 13.3. The minimum absolute atomic E-state index is 0.0481. The Bertz CT molecular complexity index is 705. The Morgan fingerprint density at radius 3 is 2.50 bits per heavy atom. The van der Waals surface area contributed by atoms with E-state index in [2.05, 4.69) is 10.3 Å². The molecule has 0 radical (unpaired) electrons. The molecule has 1 aromatic carbocycles. The summed E-state index contributed by atoms with van der Waals surface area (Å²) in [4.78, 5) is 27.2. The number of carbonyl (C=O) groups excluding carboxylic acids is 1. The molecule has 4 nitrogen and oxygen atoms in total. The first-order valence-corrected chi connectivity index (χ1v) is 7.55. The van der Waals surface area contributed by atoms with E-state index in [0.717, 1.165) is 23.2 Å². The lowest BCUT2D eigenvalue weighted by Crippen LogP contribution is -2.31. The Labute approximate surface area is 130 Å². The van der Waals surface area contributed by atoms with Crippen LogP contribution in [0.1, 0.15) is 41.6 Å². The molecule has 1 atom stereocenters. The smallest absolute Gasteiger partial charge is 0.253 e. The fourth-order valence-corrected chi connectivity index (χ4v) is 2.66. The summed E-state index contributed by atoms with van der Waals surface area (Å²) in [6.45, 7) is 5.97. The van der Waals surface area contributed by atoms with Crippen molar-refractivity contribution in [3.63, 3.8) is 0 Å². The number of aromatic amines is 1. The Morgan fingerprint density at radius 2 is 1.91 bits per heavy atom. The maximum absolute atomic E-state index is 12.4. The second-order valence-electron chi connectivity index (χ2n) is 5.53. The highest BCUT2D eigenvalue weighted by Crippen LogP contribution is 2.19. The lowest BCUT2D eigenvalue weighted by atomic mass is 9.95. The van der Waals surface area contributed by atoms with Crippen LogP contribution in [0.15, 0.2) is 41.2 Å². The molecule has 1 aromatic heterocycles. The van der Waals surface area contributed by atoms with Crippen LogP contribution in [-0.4, -0.2) is 10.9 Å². The SMILES string of the molecule is CC[C@@H](C(=O)NCc1c(C)cc(C)[nH]c1=O)c1ccccc1. The maximum Gasteiger partial charge on any atom is 0.253 e. The number of aryl methyl sites for hydroxylation is 2. The van der Waals surface area contributed by atoms with Crippen LogP contribution >= 0.6 is 0 Å². The van der Waals surface area contributed by atoms with Crippen LogP contribution in [0, 0.1) is 13.8 Å². The number of H-pyrrole nitrogens is 1. The van der Waals surface area contributed by atoms with Gasteiger partial charge in [-0.05, 0) is 37.5 Å². The van der Waals surface area contributed by atoms with E-state index in [9.17, 15) is 9.59 Å². The van der Waals surface area contributed by atoms with Crippen LogP contribution < -0.4 is 10.9 Å². The van der Waals surface area contributed by atoms with Gasteiger partial charge in [0, 0.05) is 17.8 Å². The standard InChI is InChI=1S/C18H22N2O2/c1-4-15(14-8-6-5-7-9-14)17(21)19-11-16-12(2)10-13(3)20-18(16)22/h5-10,15H,4,11H2,1-3H3,(H,19,21)(H,20,22)/t15-/m1/s1. The number of hydrogen-bond donors (Lipinski definition) is 2. The average Bonchev–Trinajstić information content (AvgIpc) is 2.48. The molecule has 0 fully saturated rings. The molecular weight excluding hydrogens is 276 g/mol. The highest BCUT2D eigenvalue weighted by Gasteiger charge is 2.18. The minimum atomic E-state index is -0.189. The van der Waals surface area contributed by atoms with Crippen LogP contribution in [0.25, 0.3) is 0 Å². The first-order chi connectivity index (χ1) is 10.5. The number of pyridine rings is 1. The number of hydrogen-bond acceptors (Lipinski definition) is 2. The lowest BCUT2D eigenvalue weighted by Gasteiger charge is -2.16. The molecule has 2 N–H and O–H groups in total. The van der Waals surface area contributed by atoms with Gasteiger partial charge in [0.1, 0.15) is 0 Å². The molecule has 4 heteroatoms. The van der Waals surface area contributed by atoms with E-state index in [4.69, 9.17) is 0 Å². The molecule has 0 aliphatic rings. The maximum atomic E-state index is 12.4. The molecule has 1 amide bonds. The molecule has 22 heavy (non-hydrogen) atoms. The predicted molar refractivity (Wildman–Crippen MR) is 87.9 cm³/mol. The highest BCUT2D eigenvalue weighted by atomic mass is 16.2. The summed E-state index contributed by atoms with van der Waals surface area (Å²) < 4.78 is 0. The third kappa shape index (κ3) is 3.64. The third-order valence-corrected chi connectivity index (χ3v) is 3.86. The quantitative estimate of drug-likeness (QED) is 0.891. The van der Waals surface area contributed by atoms with Gasteiger partial charge in [-0.1, -0.05) is 37.3 Å². The number of carbonyl (C=O) groups is 1. The van der Waals surface area contributed by atoms with E-state index >= 15 is 0 Å². The van der Waals surface area contributed by atoms with Crippen LogP contribution in [0.3, 0.4) is 0 Å². The van der Waals surface area contributed by atoms with Gasteiger partial charge in [0.2, 0.25) is 5.91 Å². The van der Waals surface area contributed by atoms with E-state index in [0.29, 0.717) is 5.56 Å².